The summed E-state index contributed by atoms with van der Waals surface area (Å²) in [6.07, 6.45) is 0.918. The third kappa shape index (κ3) is 4.38. The molecule has 4 heteroatoms. The van der Waals surface area contributed by atoms with Gasteiger partial charge in [-0.05, 0) is 42.4 Å². The molecule has 0 amide bonds. The first-order valence-electron chi connectivity index (χ1n) is 6.37. The van der Waals surface area contributed by atoms with Gasteiger partial charge in [-0.15, -0.1) is 0 Å². The summed E-state index contributed by atoms with van der Waals surface area (Å²) in [6, 6.07) is 19.6. The molecule has 0 atom stereocenters. The maximum absolute atomic E-state index is 8.84. The van der Waals surface area contributed by atoms with Gasteiger partial charge < -0.3 is 10.6 Å². The van der Waals surface area contributed by atoms with E-state index < -0.39 is 0 Å². The number of thiocarbonyl (C=S) groups is 1. The van der Waals surface area contributed by atoms with Gasteiger partial charge in [-0.1, -0.05) is 36.4 Å². The van der Waals surface area contributed by atoms with E-state index in [2.05, 4.69) is 28.8 Å². The van der Waals surface area contributed by atoms with Crippen LogP contribution in [0.2, 0.25) is 0 Å². The largest absolute Gasteiger partial charge is 0.362 e. The molecule has 0 aliphatic rings. The highest BCUT2D eigenvalue weighted by molar-refractivity contribution is 7.80. The Hall–Kier alpha value is -2.38. The average molecular weight is 281 g/mol. The molecule has 20 heavy (non-hydrogen) atoms. The molecule has 0 radical (unpaired) electrons. The maximum Gasteiger partial charge on any atom is 0.170 e. The molecule has 0 saturated heterocycles. The van der Waals surface area contributed by atoms with Crippen LogP contribution in [0.5, 0.6) is 0 Å². The molecular formula is C16H15N3S. The van der Waals surface area contributed by atoms with E-state index in [1.54, 1.807) is 12.1 Å². The van der Waals surface area contributed by atoms with Crippen molar-refractivity contribution in [3.63, 3.8) is 0 Å². The van der Waals surface area contributed by atoms with Gasteiger partial charge in [-0.2, -0.15) is 5.26 Å². The van der Waals surface area contributed by atoms with E-state index in [1.165, 1.54) is 5.56 Å². The van der Waals surface area contributed by atoms with Gasteiger partial charge in [0.05, 0.1) is 11.6 Å². The monoisotopic (exact) mass is 281 g/mol. The van der Waals surface area contributed by atoms with Crippen LogP contribution in [0.15, 0.2) is 54.6 Å². The topological polar surface area (TPSA) is 47.9 Å². The molecule has 0 aliphatic carbocycles. The van der Waals surface area contributed by atoms with Crippen LogP contribution < -0.4 is 10.6 Å². The molecule has 0 aliphatic heterocycles. The van der Waals surface area contributed by atoms with Gasteiger partial charge in [0.1, 0.15) is 0 Å². The van der Waals surface area contributed by atoms with Gasteiger partial charge in [0.15, 0.2) is 5.11 Å². The van der Waals surface area contributed by atoms with Crippen LogP contribution in [0.25, 0.3) is 0 Å². The Kier molecular flexibility index (Phi) is 5.10. The van der Waals surface area contributed by atoms with Gasteiger partial charge >= 0.3 is 0 Å². The second kappa shape index (κ2) is 7.27. The van der Waals surface area contributed by atoms with Crippen molar-refractivity contribution in [3.8, 4) is 6.07 Å². The lowest BCUT2D eigenvalue weighted by atomic mass is 10.1. The molecule has 0 spiro atoms. The van der Waals surface area contributed by atoms with Crippen LogP contribution in [-0.4, -0.2) is 11.7 Å². The summed E-state index contributed by atoms with van der Waals surface area (Å²) in [6.45, 7) is 0.772. The van der Waals surface area contributed by atoms with E-state index in [-0.39, 0.29) is 0 Å². The number of hydrogen-bond acceptors (Lipinski definition) is 2. The van der Waals surface area contributed by atoms with E-state index in [1.807, 2.05) is 30.3 Å². The quantitative estimate of drug-likeness (QED) is 0.846. The Morgan fingerprint density at radius 2 is 1.90 bits per heavy atom. The molecular weight excluding hydrogens is 266 g/mol. The predicted molar refractivity (Wildman–Crippen MR) is 85.5 cm³/mol. The molecule has 100 valence electrons. The number of nitriles is 1. The van der Waals surface area contributed by atoms with E-state index in [0.29, 0.717) is 10.7 Å². The van der Waals surface area contributed by atoms with Gasteiger partial charge in [0.25, 0.3) is 0 Å². The fraction of sp³-hybridized carbons (Fsp3) is 0.125. The van der Waals surface area contributed by atoms with Crippen molar-refractivity contribution in [2.45, 2.75) is 6.42 Å². The highest BCUT2D eigenvalue weighted by atomic mass is 32.1. The molecule has 3 nitrogen and oxygen atoms in total. The summed E-state index contributed by atoms with van der Waals surface area (Å²) in [5.41, 5.74) is 2.71. The van der Waals surface area contributed by atoms with E-state index >= 15 is 0 Å². The zero-order chi connectivity index (χ0) is 14.2. The molecule has 0 bridgehead atoms. The van der Waals surface area contributed by atoms with Gasteiger partial charge in [-0.25, -0.2) is 0 Å². The summed E-state index contributed by atoms with van der Waals surface area (Å²) < 4.78 is 0. The molecule has 0 aromatic heterocycles. The lowest BCUT2D eigenvalue weighted by Crippen LogP contribution is -2.30. The van der Waals surface area contributed by atoms with Crippen molar-refractivity contribution in [1.29, 1.82) is 5.26 Å². The minimum atomic E-state index is 0.566. The minimum Gasteiger partial charge on any atom is -0.362 e. The summed E-state index contributed by atoms with van der Waals surface area (Å²) >= 11 is 5.23. The molecule has 0 heterocycles. The fourth-order valence-electron chi connectivity index (χ4n) is 1.81. The van der Waals surface area contributed by atoms with E-state index in [9.17, 15) is 0 Å². The molecule has 2 aromatic rings. The summed E-state index contributed by atoms with van der Waals surface area (Å²) in [4.78, 5) is 0. The first-order chi connectivity index (χ1) is 9.78. The van der Waals surface area contributed by atoms with Crippen LogP contribution in [0.1, 0.15) is 11.1 Å². The molecule has 0 saturated carbocycles. The number of benzene rings is 2. The zero-order valence-corrected chi connectivity index (χ0v) is 11.8. The highest BCUT2D eigenvalue weighted by Gasteiger charge is 1.99. The lowest BCUT2D eigenvalue weighted by Gasteiger charge is -2.10. The molecule has 0 fully saturated rings. The van der Waals surface area contributed by atoms with Gasteiger partial charge in [-0.3, -0.25) is 0 Å². The smallest absolute Gasteiger partial charge is 0.170 e. The van der Waals surface area contributed by atoms with Crippen molar-refractivity contribution in [3.05, 3.63) is 65.7 Å². The number of rotatable bonds is 4. The number of nitrogens with zero attached hydrogens (tertiary/aromatic N) is 1. The van der Waals surface area contributed by atoms with Gasteiger partial charge in [0, 0.05) is 12.2 Å². The average Bonchev–Trinajstić information content (AvgIpc) is 2.48. The van der Waals surface area contributed by atoms with Crippen molar-refractivity contribution in [1.82, 2.24) is 5.32 Å². The molecule has 2 rings (SSSR count). The van der Waals surface area contributed by atoms with Crippen molar-refractivity contribution >= 4 is 23.0 Å². The molecule has 0 unspecified atom stereocenters. The van der Waals surface area contributed by atoms with E-state index in [4.69, 9.17) is 17.5 Å². The number of nitrogens with one attached hydrogen (secondary N) is 2. The lowest BCUT2D eigenvalue weighted by molar-refractivity contribution is 0.873. The third-order valence-corrected chi connectivity index (χ3v) is 3.04. The molecule has 2 aromatic carbocycles. The van der Waals surface area contributed by atoms with Crippen LogP contribution in [0.3, 0.4) is 0 Å². The zero-order valence-electron chi connectivity index (χ0n) is 11.0. The van der Waals surface area contributed by atoms with E-state index in [0.717, 1.165) is 18.7 Å². The fourth-order valence-corrected chi connectivity index (χ4v) is 2.03. The summed E-state index contributed by atoms with van der Waals surface area (Å²) in [7, 11) is 0. The minimum absolute atomic E-state index is 0.566. The Morgan fingerprint density at radius 1 is 1.10 bits per heavy atom. The Labute approximate surface area is 124 Å². The van der Waals surface area contributed by atoms with Gasteiger partial charge in [0.2, 0.25) is 0 Å². The second-order valence-electron chi connectivity index (χ2n) is 4.31. The SMILES string of the molecule is N#Cc1cccc(NC(=S)NCCc2ccccc2)c1. The first-order valence-corrected chi connectivity index (χ1v) is 6.78. The summed E-state index contributed by atoms with van der Waals surface area (Å²) in [5.74, 6) is 0. The normalized spacial score (nSPS) is 9.55. The summed E-state index contributed by atoms with van der Waals surface area (Å²) in [5, 5.41) is 15.6. The maximum atomic E-state index is 8.84. The van der Waals surface area contributed by atoms with Crippen LogP contribution in [0.4, 0.5) is 5.69 Å². The molecule has 2 N–H and O–H groups in total. The number of hydrogen-bond donors (Lipinski definition) is 2. The Balaban J connectivity index is 1.79. The Bertz CT molecular complexity index is 617. The third-order valence-electron chi connectivity index (χ3n) is 2.79. The van der Waals surface area contributed by atoms with Crippen LogP contribution in [-0.2, 0) is 6.42 Å². The highest BCUT2D eigenvalue weighted by Crippen LogP contribution is 2.09. The first kappa shape index (κ1) is 14.0. The standard InChI is InChI=1S/C16H15N3S/c17-12-14-7-4-8-15(11-14)19-16(20)18-10-9-13-5-2-1-3-6-13/h1-8,11H,9-10H2,(H2,18,19,20). The van der Waals surface area contributed by atoms with Crippen LogP contribution >= 0.6 is 12.2 Å². The number of anilines is 1. The van der Waals surface area contributed by atoms with Crippen molar-refractivity contribution < 1.29 is 0 Å². The van der Waals surface area contributed by atoms with Crippen molar-refractivity contribution in [2.75, 3.05) is 11.9 Å². The predicted octanol–water partition coefficient (Wildman–Crippen LogP) is 3.09. The second-order valence-corrected chi connectivity index (χ2v) is 4.72. The van der Waals surface area contributed by atoms with Crippen LogP contribution in [0, 0.1) is 11.3 Å². The Morgan fingerprint density at radius 3 is 2.65 bits per heavy atom. The van der Waals surface area contributed by atoms with Crippen molar-refractivity contribution in [2.24, 2.45) is 0 Å².